The number of carbonyl (C=O) groups excluding carboxylic acids is 1. The molecule has 4 aliphatic rings. The van der Waals surface area contributed by atoms with E-state index in [9.17, 15) is 10.1 Å². The Balaban J connectivity index is 1.12. The maximum Gasteiger partial charge on any atom is 0.243 e. The number of nitriles is 1. The minimum absolute atomic E-state index is 0.0536. The highest BCUT2D eigenvalue weighted by Gasteiger charge is 2.45. The number of amides is 1. The predicted molar refractivity (Wildman–Crippen MR) is 144 cm³/mol. The summed E-state index contributed by atoms with van der Waals surface area (Å²) in [7, 11) is 0. The lowest BCUT2D eigenvalue weighted by molar-refractivity contribution is -0.143. The van der Waals surface area contributed by atoms with Crippen LogP contribution in [0.1, 0.15) is 37.3 Å². The molecule has 0 N–H and O–H groups in total. The van der Waals surface area contributed by atoms with Crippen LogP contribution in [0, 0.1) is 29.6 Å². The van der Waals surface area contributed by atoms with Crippen molar-refractivity contribution >= 4 is 5.91 Å². The van der Waals surface area contributed by atoms with Crippen molar-refractivity contribution in [1.82, 2.24) is 29.4 Å². The first kappa shape index (κ1) is 27.5. The van der Waals surface area contributed by atoms with Crippen LogP contribution in [0.25, 0.3) is 0 Å². The zero-order valence-corrected chi connectivity index (χ0v) is 23.1. The quantitative estimate of drug-likeness (QED) is 0.499. The molecule has 0 spiro atoms. The summed E-state index contributed by atoms with van der Waals surface area (Å²) >= 11 is 0. The minimum Gasteiger partial charge on any atom is -0.381 e. The Morgan fingerprint density at radius 3 is 2.21 bits per heavy atom. The Hall–Kier alpha value is -2.03. The molecule has 0 saturated carbocycles. The molecule has 5 heterocycles. The molecule has 10 heteroatoms. The van der Waals surface area contributed by atoms with Crippen LogP contribution in [-0.2, 0) is 14.3 Å². The van der Waals surface area contributed by atoms with Crippen molar-refractivity contribution in [2.75, 3.05) is 98.4 Å². The van der Waals surface area contributed by atoms with Crippen LogP contribution in [0.2, 0.25) is 0 Å². The number of hydrogen-bond acceptors (Lipinski definition) is 8. The van der Waals surface area contributed by atoms with Crippen LogP contribution in [-0.4, -0.2) is 134 Å². The number of piperazine rings is 1. The van der Waals surface area contributed by atoms with Gasteiger partial charge in [0.2, 0.25) is 5.91 Å². The summed E-state index contributed by atoms with van der Waals surface area (Å²) in [6, 6.07) is 2.73. The summed E-state index contributed by atoms with van der Waals surface area (Å²) in [5.74, 6) is 0.734. The van der Waals surface area contributed by atoms with Crippen LogP contribution < -0.4 is 0 Å². The molecule has 1 unspecified atom stereocenters. The minimum atomic E-state index is -0.861. The summed E-state index contributed by atoms with van der Waals surface area (Å²) in [4.78, 5) is 23.0. The van der Waals surface area contributed by atoms with Gasteiger partial charge in [-0.3, -0.25) is 19.3 Å². The van der Waals surface area contributed by atoms with Crippen molar-refractivity contribution in [3.05, 3.63) is 18.0 Å². The van der Waals surface area contributed by atoms with Gasteiger partial charge in [-0.2, -0.15) is 10.4 Å². The SMILES string of the molecule is Cc1cnn(C(CN2CCOCC2)CN2CCN(C(=O)C3(C#N)CCN(CC4CCOCC4)CC3)CC2)c1. The molecular weight excluding hydrogens is 482 g/mol. The van der Waals surface area contributed by atoms with Crippen LogP contribution in [0.15, 0.2) is 12.4 Å². The third kappa shape index (κ3) is 6.75. The van der Waals surface area contributed by atoms with Crippen molar-refractivity contribution in [3.63, 3.8) is 0 Å². The Morgan fingerprint density at radius 2 is 1.61 bits per heavy atom. The highest BCUT2D eigenvalue weighted by molar-refractivity contribution is 5.85. The van der Waals surface area contributed by atoms with Gasteiger partial charge in [0.15, 0.2) is 0 Å². The van der Waals surface area contributed by atoms with Gasteiger partial charge in [0, 0.05) is 91.4 Å². The van der Waals surface area contributed by atoms with E-state index in [1.165, 1.54) is 5.56 Å². The lowest BCUT2D eigenvalue weighted by Crippen LogP contribution is -2.56. The van der Waals surface area contributed by atoms with E-state index in [0.29, 0.717) is 31.8 Å². The summed E-state index contributed by atoms with van der Waals surface area (Å²) in [6.45, 7) is 15.0. The number of aromatic nitrogens is 2. The van der Waals surface area contributed by atoms with E-state index in [1.54, 1.807) is 0 Å². The van der Waals surface area contributed by atoms with Crippen LogP contribution in [0.3, 0.4) is 0 Å². The number of piperidine rings is 1. The van der Waals surface area contributed by atoms with E-state index in [-0.39, 0.29) is 11.9 Å². The average molecular weight is 528 g/mol. The molecular formula is C28H45N7O3. The number of ether oxygens (including phenoxy) is 2. The molecule has 0 aromatic carbocycles. The number of aryl methyl sites for hydroxylation is 1. The number of carbonyl (C=O) groups is 1. The maximum absolute atomic E-state index is 13.6. The molecule has 4 fully saturated rings. The normalized spacial score (nSPS) is 25.2. The van der Waals surface area contributed by atoms with Gasteiger partial charge in [-0.1, -0.05) is 0 Å². The molecule has 38 heavy (non-hydrogen) atoms. The summed E-state index contributed by atoms with van der Waals surface area (Å²) in [6.07, 6.45) is 7.60. The van der Waals surface area contributed by atoms with Gasteiger partial charge in [0.25, 0.3) is 0 Å². The molecule has 10 nitrogen and oxygen atoms in total. The summed E-state index contributed by atoms with van der Waals surface area (Å²) in [5, 5.41) is 14.8. The molecule has 0 radical (unpaired) electrons. The average Bonchev–Trinajstić information content (AvgIpc) is 3.40. The van der Waals surface area contributed by atoms with E-state index in [2.05, 4.69) is 43.7 Å². The Bertz CT molecular complexity index is 934. The Labute approximate surface area is 227 Å². The van der Waals surface area contributed by atoms with E-state index in [4.69, 9.17) is 9.47 Å². The van der Waals surface area contributed by atoms with Crippen molar-refractivity contribution in [2.45, 2.75) is 38.6 Å². The monoisotopic (exact) mass is 527 g/mol. The fourth-order valence-electron chi connectivity index (χ4n) is 6.46. The van der Waals surface area contributed by atoms with Crippen LogP contribution in [0.4, 0.5) is 0 Å². The standard InChI is InChI=1S/C28H45N7O3/c1-24-18-30-35(19-24)26(22-33-12-16-38-17-13-33)21-32-8-10-34(11-9-32)27(36)28(23-29)4-6-31(7-5-28)20-25-2-14-37-15-3-25/h18-19,25-26H,2-17,20-22H2,1H3. The first-order chi connectivity index (χ1) is 18.5. The molecule has 5 rings (SSSR count). The molecule has 0 bridgehead atoms. The smallest absolute Gasteiger partial charge is 0.243 e. The fraction of sp³-hybridized carbons (Fsp3) is 0.821. The van der Waals surface area contributed by atoms with Gasteiger partial charge in [-0.15, -0.1) is 0 Å². The van der Waals surface area contributed by atoms with Crippen molar-refractivity contribution in [3.8, 4) is 6.07 Å². The molecule has 1 aromatic heterocycles. The van der Waals surface area contributed by atoms with Crippen molar-refractivity contribution in [2.24, 2.45) is 11.3 Å². The second-order valence-electron chi connectivity index (χ2n) is 11.7. The third-order valence-electron chi connectivity index (χ3n) is 9.00. The Kier molecular flexibility index (Phi) is 9.33. The van der Waals surface area contributed by atoms with Crippen LogP contribution in [0.5, 0.6) is 0 Å². The second-order valence-corrected chi connectivity index (χ2v) is 11.7. The van der Waals surface area contributed by atoms with Crippen LogP contribution >= 0.6 is 0 Å². The zero-order chi connectivity index (χ0) is 26.4. The number of morpholine rings is 1. The zero-order valence-electron chi connectivity index (χ0n) is 23.1. The van der Waals surface area contributed by atoms with E-state index in [0.717, 1.165) is 98.2 Å². The predicted octanol–water partition coefficient (Wildman–Crippen LogP) is 1.24. The van der Waals surface area contributed by atoms with Gasteiger partial charge in [-0.25, -0.2) is 0 Å². The first-order valence-electron chi connectivity index (χ1n) is 14.6. The van der Waals surface area contributed by atoms with E-state index >= 15 is 0 Å². The van der Waals surface area contributed by atoms with Gasteiger partial charge in [0.1, 0.15) is 5.41 Å². The number of hydrogen-bond donors (Lipinski definition) is 0. The molecule has 1 aromatic rings. The van der Waals surface area contributed by atoms with Gasteiger partial charge in [0.05, 0.1) is 31.5 Å². The second kappa shape index (κ2) is 12.9. The highest BCUT2D eigenvalue weighted by Crippen LogP contribution is 2.34. The molecule has 4 aliphatic heterocycles. The van der Waals surface area contributed by atoms with Gasteiger partial charge < -0.3 is 19.3 Å². The van der Waals surface area contributed by atoms with Crippen molar-refractivity contribution in [1.29, 1.82) is 5.26 Å². The number of rotatable bonds is 8. The molecule has 0 aliphatic carbocycles. The summed E-state index contributed by atoms with van der Waals surface area (Å²) in [5.41, 5.74) is 0.313. The lowest BCUT2D eigenvalue weighted by atomic mass is 9.78. The Morgan fingerprint density at radius 1 is 0.974 bits per heavy atom. The van der Waals surface area contributed by atoms with E-state index < -0.39 is 5.41 Å². The fourth-order valence-corrected chi connectivity index (χ4v) is 6.46. The summed E-state index contributed by atoms with van der Waals surface area (Å²) < 4.78 is 13.2. The number of likely N-dealkylation sites (tertiary alicyclic amines) is 1. The largest absolute Gasteiger partial charge is 0.381 e. The first-order valence-corrected chi connectivity index (χ1v) is 14.6. The lowest BCUT2D eigenvalue weighted by Gasteiger charge is -2.43. The van der Waals surface area contributed by atoms with Gasteiger partial charge >= 0.3 is 0 Å². The maximum atomic E-state index is 13.6. The molecule has 1 amide bonds. The van der Waals surface area contributed by atoms with E-state index in [1.807, 2.05) is 11.1 Å². The highest BCUT2D eigenvalue weighted by atomic mass is 16.5. The third-order valence-corrected chi connectivity index (χ3v) is 9.00. The molecule has 1 atom stereocenters. The number of nitrogens with zero attached hydrogens (tertiary/aromatic N) is 7. The van der Waals surface area contributed by atoms with Gasteiger partial charge in [-0.05, 0) is 44.1 Å². The topological polar surface area (TPSA) is 90.1 Å². The molecule has 4 saturated heterocycles. The molecule has 210 valence electrons. The van der Waals surface area contributed by atoms with Crippen molar-refractivity contribution < 1.29 is 14.3 Å².